The number of amides is 1. The number of nitro benzene ring substituents is 1. The van der Waals surface area contributed by atoms with Crippen LogP contribution in [-0.2, 0) is 9.53 Å². The van der Waals surface area contributed by atoms with Gasteiger partial charge in [-0.25, -0.2) is 4.79 Å². The molecule has 1 unspecified atom stereocenters. The molecule has 1 amide bonds. The zero-order valence-electron chi connectivity index (χ0n) is 14.1. The summed E-state index contributed by atoms with van der Waals surface area (Å²) in [5, 5.41) is 13.4. The second-order valence-corrected chi connectivity index (χ2v) is 5.63. The first-order chi connectivity index (χ1) is 11.8. The number of para-hydroxylation sites is 2. The number of hydrogen-bond donors (Lipinski definition) is 1. The molecular weight excluding hydrogens is 324 g/mol. The predicted octanol–water partition coefficient (Wildman–Crippen LogP) is 3.40. The SMILES string of the molecule is Cc1ccc(C)c(C(=O)OC(C)C(=O)Nc2ccccc2[N+](=O)[O-])c1. The van der Waals surface area contributed by atoms with Crippen molar-refractivity contribution in [3.63, 3.8) is 0 Å². The van der Waals surface area contributed by atoms with Crippen LogP contribution in [0.2, 0.25) is 0 Å². The second kappa shape index (κ2) is 7.57. The molecule has 0 fully saturated rings. The fourth-order valence-corrected chi connectivity index (χ4v) is 2.21. The molecule has 2 rings (SSSR count). The van der Waals surface area contributed by atoms with E-state index in [0.717, 1.165) is 11.1 Å². The number of aryl methyl sites for hydroxylation is 2. The third-order valence-electron chi connectivity index (χ3n) is 3.62. The molecule has 7 heteroatoms. The van der Waals surface area contributed by atoms with E-state index in [1.165, 1.54) is 25.1 Å². The molecule has 0 aliphatic carbocycles. The van der Waals surface area contributed by atoms with E-state index >= 15 is 0 Å². The summed E-state index contributed by atoms with van der Waals surface area (Å²) in [6.45, 7) is 5.03. The van der Waals surface area contributed by atoms with Crippen molar-refractivity contribution < 1.29 is 19.2 Å². The normalized spacial score (nSPS) is 11.5. The molecule has 7 nitrogen and oxygen atoms in total. The van der Waals surface area contributed by atoms with Gasteiger partial charge in [-0.3, -0.25) is 14.9 Å². The molecule has 0 spiro atoms. The van der Waals surface area contributed by atoms with Gasteiger partial charge in [0, 0.05) is 6.07 Å². The number of benzene rings is 2. The monoisotopic (exact) mass is 342 g/mol. The number of rotatable bonds is 5. The van der Waals surface area contributed by atoms with E-state index in [0.29, 0.717) is 5.56 Å². The molecule has 2 aromatic rings. The Morgan fingerprint density at radius 3 is 2.52 bits per heavy atom. The number of nitrogens with zero attached hydrogens (tertiary/aromatic N) is 1. The number of hydrogen-bond acceptors (Lipinski definition) is 5. The molecule has 2 aromatic carbocycles. The Labute approximate surface area is 144 Å². The molecular formula is C18H18N2O5. The maximum atomic E-state index is 12.2. The number of nitro groups is 1. The number of carbonyl (C=O) groups is 2. The van der Waals surface area contributed by atoms with Gasteiger partial charge in [0.05, 0.1) is 10.5 Å². The summed E-state index contributed by atoms with van der Waals surface area (Å²) < 4.78 is 5.19. The first kappa shape index (κ1) is 18.1. The van der Waals surface area contributed by atoms with E-state index in [-0.39, 0.29) is 11.4 Å². The maximum Gasteiger partial charge on any atom is 0.339 e. The minimum Gasteiger partial charge on any atom is -0.449 e. The van der Waals surface area contributed by atoms with Crippen molar-refractivity contribution in [1.29, 1.82) is 0 Å². The molecule has 1 N–H and O–H groups in total. The molecule has 130 valence electrons. The van der Waals surface area contributed by atoms with Gasteiger partial charge in [0.15, 0.2) is 6.10 Å². The molecule has 0 bridgehead atoms. The van der Waals surface area contributed by atoms with Gasteiger partial charge < -0.3 is 10.1 Å². The topological polar surface area (TPSA) is 98.5 Å². The molecule has 0 saturated heterocycles. The van der Waals surface area contributed by atoms with Gasteiger partial charge in [-0.2, -0.15) is 0 Å². The van der Waals surface area contributed by atoms with Crippen LogP contribution < -0.4 is 5.32 Å². The van der Waals surface area contributed by atoms with Crippen molar-refractivity contribution in [1.82, 2.24) is 0 Å². The van der Waals surface area contributed by atoms with Gasteiger partial charge in [-0.1, -0.05) is 29.8 Å². The first-order valence-electron chi connectivity index (χ1n) is 7.62. The largest absolute Gasteiger partial charge is 0.449 e. The average molecular weight is 342 g/mol. The maximum absolute atomic E-state index is 12.2. The Bertz CT molecular complexity index is 832. The predicted molar refractivity (Wildman–Crippen MR) is 92.5 cm³/mol. The highest BCUT2D eigenvalue weighted by atomic mass is 16.6. The van der Waals surface area contributed by atoms with E-state index in [9.17, 15) is 19.7 Å². The first-order valence-corrected chi connectivity index (χ1v) is 7.62. The van der Waals surface area contributed by atoms with Crippen LogP contribution >= 0.6 is 0 Å². The number of esters is 1. The standard InChI is InChI=1S/C18H18N2O5/c1-11-8-9-12(2)14(10-11)18(22)25-13(3)17(21)19-15-6-4-5-7-16(15)20(23)24/h4-10,13H,1-3H3,(H,19,21). The minimum absolute atomic E-state index is 0.0483. The summed E-state index contributed by atoms with van der Waals surface area (Å²) in [7, 11) is 0. The zero-order valence-corrected chi connectivity index (χ0v) is 14.1. The van der Waals surface area contributed by atoms with Gasteiger partial charge in [0.1, 0.15) is 5.69 Å². The lowest BCUT2D eigenvalue weighted by Gasteiger charge is -2.14. The fraction of sp³-hybridized carbons (Fsp3) is 0.222. The van der Waals surface area contributed by atoms with Gasteiger partial charge in [-0.15, -0.1) is 0 Å². The van der Waals surface area contributed by atoms with E-state index in [1.807, 2.05) is 13.0 Å². The van der Waals surface area contributed by atoms with Crippen molar-refractivity contribution in [2.75, 3.05) is 5.32 Å². The molecule has 0 aliphatic heterocycles. The van der Waals surface area contributed by atoms with E-state index in [2.05, 4.69) is 5.32 Å². The smallest absolute Gasteiger partial charge is 0.339 e. The summed E-state index contributed by atoms with van der Waals surface area (Å²) >= 11 is 0. The van der Waals surface area contributed by atoms with Crippen LogP contribution in [-0.4, -0.2) is 22.9 Å². The number of ether oxygens (including phenoxy) is 1. The van der Waals surface area contributed by atoms with Gasteiger partial charge in [0.2, 0.25) is 0 Å². The fourth-order valence-electron chi connectivity index (χ4n) is 2.21. The van der Waals surface area contributed by atoms with Crippen LogP contribution in [0.25, 0.3) is 0 Å². The molecule has 0 radical (unpaired) electrons. The number of carbonyl (C=O) groups excluding carboxylic acids is 2. The third kappa shape index (κ3) is 4.41. The second-order valence-electron chi connectivity index (χ2n) is 5.63. The van der Waals surface area contributed by atoms with Gasteiger partial charge in [0.25, 0.3) is 11.6 Å². The summed E-state index contributed by atoms with van der Waals surface area (Å²) in [4.78, 5) is 34.8. The number of nitrogens with one attached hydrogen (secondary N) is 1. The van der Waals surface area contributed by atoms with Crippen molar-refractivity contribution in [3.8, 4) is 0 Å². The van der Waals surface area contributed by atoms with Crippen LogP contribution in [0.1, 0.15) is 28.4 Å². The van der Waals surface area contributed by atoms with Crippen molar-refractivity contribution in [2.24, 2.45) is 0 Å². The highest BCUT2D eigenvalue weighted by Gasteiger charge is 2.22. The molecule has 0 heterocycles. The Kier molecular flexibility index (Phi) is 5.49. The Morgan fingerprint density at radius 1 is 1.16 bits per heavy atom. The van der Waals surface area contributed by atoms with Gasteiger partial charge in [-0.05, 0) is 38.5 Å². The lowest BCUT2D eigenvalue weighted by Crippen LogP contribution is -2.30. The average Bonchev–Trinajstić information content (AvgIpc) is 2.57. The molecule has 0 saturated carbocycles. The summed E-state index contributed by atoms with van der Waals surface area (Å²) in [5.41, 5.74) is 1.83. The lowest BCUT2D eigenvalue weighted by atomic mass is 10.1. The Hall–Kier alpha value is -3.22. The molecule has 25 heavy (non-hydrogen) atoms. The summed E-state index contributed by atoms with van der Waals surface area (Å²) in [6.07, 6.45) is -1.10. The van der Waals surface area contributed by atoms with E-state index in [1.54, 1.807) is 25.1 Å². The highest BCUT2D eigenvalue weighted by molar-refractivity contribution is 5.99. The molecule has 1 atom stereocenters. The van der Waals surface area contributed by atoms with E-state index in [4.69, 9.17) is 4.74 Å². The number of anilines is 1. The zero-order chi connectivity index (χ0) is 18.6. The van der Waals surface area contributed by atoms with Crippen LogP contribution in [0, 0.1) is 24.0 Å². The van der Waals surface area contributed by atoms with Crippen molar-refractivity contribution in [2.45, 2.75) is 26.9 Å². The van der Waals surface area contributed by atoms with Crippen LogP contribution in [0.5, 0.6) is 0 Å². The van der Waals surface area contributed by atoms with E-state index < -0.39 is 22.9 Å². The van der Waals surface area contributed by atoms with Crippen LogP contribution in [0.15, 0.2) is 42.5 Å². The third-order valence-corrected chi connectivity index (χ3v) is 3.62. The Balaban J connectivity index is 2.09. The molecule has 0 aromatic heterocycles. The van der Waals surface area contributed by atoms with Crippen LogP contribution in [0.3, 0.4) is 0 Å². The lowest BCUT2D eigenvalue weighted by molar-refractivity contribution is -0.383. The quantitative estimate of drug-likeness (QED) is 0.510. The minimum atomic E-state index is -1.10. The Morgan fingerprint density at radius 2 is 1.84 bits per heavy atom. The van der Waals surface area contributed by atoms with Crippen LogP contribution in [0.4, 0.5) is 11.4 Å². The summed E-state index contributed by atoms with van der Waals surface area (Å²) in [5.74, 6) is -1.26. The van der Waals surface area contributed by atoms with Crippen molar-refractivity contribution >= 4 is 23.3 Å². The van der Waals surface area contributed by atoms with Gasteiger partial charge >= 0.3 is 5.97 Å². The summed E-state index contributed by atoms with van der Waals surface area (Å²) in [6, 6.07) is 11.1. The van der Waals surface area contributed by atoms with Crippen molar-refractivity contribution in [3.05, 3.63) is 69.3 Å². The molecule has 0 aliphatic rings. The highest BCUT2D eigenvalue weighted by Crippen LogP contribution is 2.23.